The number of nitrogens with two attached hydrogens (primary N) is 2. The lowest BCUT2D eigenvalue weighted by Gasteiger charge is -2.05. The molecule has 0 spiro atoms. The summed E-state index contributed by atoms with van der Waals surface area (Å²) in [6, 6.07) is 5.84. The normalized spacial score (nSPS) is 10.4. The van der Waals surface area contributed by atoms with Crippen LogP contribution in [0.25, 0.3) is 11.4 Å². The zero-order chi connectivity index (χ0) is 13.1. The number of hydrazine groups is 2. The van der Waals surface area contributed by atoms with Crippen molar-refractivity contribution in [2.45, 2.75) is 6.54 Å². The molecule has 0 atom stereocenters. The molecule has 0 saturated carbocycles. The summed E-state index contributed by atoms with van der Waals surface area (Å²) in [5.74, 6) is 5.53. The summed E-state index contributed by atoms with van der Waals surface area (Å²) in [5.41, 5.74) is 7.64. The van der Waals surface area contributed by atoms with Gasteiger partial charge < -0.3 is 10.2 Å². The third kappa shape index (κ3) is 2.36. The summed E-state index contributed by atoms with van der Waals surface area (Å²) in [4.78, 5) is 8.60. The molecule has 0 radical (unpaired) electrons. The van der Waals surface area contributed by atoms with Gasteiger partial charge in [-0.25, -0.2) is 10.8 Å². The molecule has 2 aromatic rings. The van der Waals surface area contributed by atoms with Crippen molar-refractivity contribution in [1.29, 1.82) is 0 Å². The predicted molar refractivity (Wildman–Crippen MR) is 66.6 cm³/mol. The molecule has 2 rings (SSSR count). The van der Waals surface area contributed by atoms with Crippen molar-refractivity contribution in [3.63, 3.8) is 0 Å². The van der Waals surface area contributed by atoms with Crippen LogP contribution in [0.15, 0.2) is 28.9 Å². The minimum absolute atomic E-state index is 0.287. The number of rotatable bonds is 4. The average molecular weight is 247 g/mol. The molecule has 0 amide bonds. The number of aromatic nitrogens is 2. The third-order valence-electron chi connectivity index (χ3n) is 2.37. The highest BCUT2D eigenvalue weighted by Gasteiger charge is 2.20. The van der Waals surface area contributed by atoms with Gasteiger partial charge in [0, 0.05) is 11.5 Å². The molecule has 0 fully saturated rings. The van der Waals surface area contributed by atoms with E-state index >= 15 is 0 Å². The fourth-order valence-corrected chi connectivity index (χ4v) is 1.37. The second kappa shape index (κ2) is 4.94. The monoisotopic (exact) mass is 247 g/mol. The molecule has 18 heavy (non-hydrogen) atoms. The maximum Gasteiger partial charge on any atom is 0.528 e. The van der Waals surface area contributed by atoms with E-state index < -0.39 is 0 Å². The third-order valence-corrected chi connectivity index (χ3v) is 2.37. The van der Waals surface area contributed by atoms with Crippen molar-refractivity contribution in [2.75, 3.05) is 7.05 Å². The van der Waals surface area contributed by atoms with Crippen LogP contribution < -0.4 is 11.6 Å². The maximum atomic E-state index is 5.54. The summed E-state index contributed by atoms with van der Waals surface area (Å²) in [5, 5.41) is 1.26. The lowest BCUT2D eigenvalue weighted by Crippen LogP contribution is -2.33. The number of oxazole rings is 1. The molecule has 0 saturated heterocycles. The SMILES string of the molecule is C=[N+](c1nc(-c2cccc(CN)n2)co1)N(C)N. The molecule has 0 aliphatic heterocycles. The fraction of sp³-hybridized carbons (Fsp3) is 0.182. The minimum Gasteiger partial charge on any atom is -0.390 e. The Morgan fingerprint density at radius 1 is 1.39 bits per heavy atom. The Labute approximate surface area is 104 Å². The van der Waals surface area contributed by atoms with Gasteiger partial charge in [-0.05, 0) is 12.1 Å². The smallest absolute Gasteiger partial charge is 0.390 e. The van der Waals surface area contributed by atoms with Gasteiger partial charge in [-0.1, -0.05) is 10.8 Å². The van der Waals surface area contributed by atoms with E-state index in [0.717, 1.165) is 5.69 Å². The van der Waals surface area contributed by atoms with Crippen LogP contribution in [-0.2, 0) is 6.54 Å². The van der Waals surface area contributed by atoms with Gasteiger partial charge in [0.25, 0.3) is 0 Å². The van der Waals surface area contributed by atoms with E-state index in [0.29, 0.717) is 17.9 Å². The molecule has 4 N–H and O–H groups in total. The molecule has 0 unspecified atom stereocenters. The number of hydrogen-bond acceptors (Lipinski definition) is 6. The Balaban J connectivity index is 2.32. The average Bonchev–Trinajstić information content (AvgIpc) is 2.87. The van der Waals surface area contributed by atoms with Crippen LogP contribution in [0.3, 0.4) is 0 Å². The Bertz CT molecular complexity index is 562. The maximum absolute atomic E-state index is 5.54. The second-order valence-corrected chi connectivity index (χ2v) is 3.71. The lowest BCUT2D eigenvalue weighted by molar-refractivity contribution is -0.625. The van der Waals surface area contributed by atoms with E-state index in [-0.39, 0.29) is 6.01 Å². The first-order valence-corrected chi connectivity index (χ1v) is 5.32. The predicted octanol–water partition coefficient (Wildman–Crippen LogP) is 0.260. The van der Waals surface area contributed by atoms with Gasteiger partial charge in [-0.15, -0.1) is 0 Å². The fourth-order valence-electron chi connectivity index (χ4n) is 1.37. The van der Waals surface area contributed by atoms with Crippen LogP contribution in [0.1, 0.15) is 5.69 Å². The Morgan fingerprint density at radius 3 is 2.83 bits per heavy atom. The second-order valence-electron chi connectivity index (χ2n) is 3.71. The van der Waals surface area contributed by atoms with Crippen LogP contribution in [-0.4, -0.2) is 33.5 Å². The molecule has 2 heterocycles. The first-order chi connectivity index (χ1) is 8.61. The van der Waals surface area contributed by atoms with Crippen molar-refractivity contribution in [2.24, 2.45) is 11.6 Å². The highest BCUT2D eigenvalue weighted by Crippen LogP contribution is 2.20. The quantitative estimate of drug-likeness (QED) is 0.348. The van der Waals surface area contributed by atoms with Crippen molar-refractivity contribution >= 4 is 12.7 Å². The van der Waals surface area contributed by atoms with Crippen molar-refractivity contribution in [3.8, 4) is 11.4 Å². The van der Waals surface area contributed by atoms with Crippen molar-refractivity contribution in [3.05, 3.63) is 30.2 Å². The van der Waals surface area contributed by atoms with Crippen LogP contribution in [0.2, 0.25) is 0 Å². The van der Waals surface area contributed by atoms with Crippen LogP contribution in [0.5, 0.6) is 0 Å². The Morgan fingerprint density at radius 2 is 2.17 bits per heavy atom. The van der Waals surface area contributed by atoms with E-state index in [9.17, 15) is 0 Å². The Kier molecular flexibility index (Phi) is 3.35. The number of pyridine rings is 1. The molecular weight excluding hydrogens is 232 g/mol. The summed E-state index contributed by atoms with van der Waals surface area (Å²) in [6.07, 6.45) is 1.50. The van der Waals surface area contributed by atoms with Crippen molar-refractivity contribution in [1.82, 2.24) is 15.1 Å². The summed E-state index contributed by atoms with van der Waals surface area (Å²) >= 11 is 0. The van der Waals surface area contributed by atoms with Gasteiger partial charge in [0.2, 0.25) is 5.69 Å². The summed E-state index contributed by atoms with van der Waals surface area (Å²) < 4.78 is 6.60. The lowest BCUT2D eigenvalue weighted by atomic mass is 10.2. The minimum atomic E-state index is 0.287. The molecule has 94 valence electrons. The van der Waals surface area contributed by atoms with Gasteiger partial charge in [0.1, 0.15) is 5.69 Å². The molecule has 7 nitrogen and oxygen atoms in total. The van der Waals surface area contributed by atoms with Crippen LogP contribution >= 0.6 is 0 Å². The van der Waals surface area contributed by atoms with Crippen molar-refractivity contribution < 1.29 is 9.10 Å². The standard InChI is InChI=1S/C11H15N6O/c1-16(17(2)13)11-15-10(7-18-11)9-5-3-4-8(6-12)14-9/h3-5,7H,1,6,12-13H2,2H3/q+1. The number of nitrogens with zero attached hydrogens (tertiary/aromatic N) is 4. The largest absolute Gasteiger partial charge is 0.528 e. The van der Waals surface area contributed by atoms with E-state index in [1.165, 1.54) is 16.1 Å². The molecule has 0 aliphatic carbocycles. The van der Waals surface area contributed by atoms with Crippen LogP contribution in [0.4, 0.5) is 6.01 Å². The van der Waals surface area contributed by atoms with Gasteiger partial charge in [-0.2, -0.15) is 5.12 Å². The highest BCUT2D eigenvalue weighted by molar-refractivity contribution is 5.53. The summed E-state index contributed by atoms with van der Waals surface area (Å²) in [7, 11) is 1.63. The molecular formula is C11H15N6O+. The van der Waals surface area contributed by atoms with E-state index in [4.69, 9.17) is 16.0 Å². The number of hydrazone groups is 1. The Hall–Kier alpha value is -2.25. The van der Waals surface area contributed by atoms with Crippen LogP contribution in [0, 0.1) is 0 Å². The zero-order valence-corrected chi connectivity index (χ0v) is 10.1. The van der Waals surface area contributed by atoms with E-state index in [2.05, 4.69) is 16.7 Å². The molecule has 7 heteroatoms. The zero-order valence-electron chi connectivity index (χ0n) is 10.1. The topological polar surface area (TPSA) is 97.2 Å². The number of hydrogen-bond donors (Lipinski definition) is 2. The first kappa shape index (κ1) is 12.2. The first-order valence-electron chi connectivity index (χ1n) is 5.32. The molecule has 0 bridgehead atoms. The molecule has 2 aromatic heterocycles. The van der Waals surface area contributed by atoms with E-state index in [1.807, 2.05) is 18.2 Å². The van der Waals surface area contributed by atoms with E-state index in [1.54, 1.807) is 7.05 Å². The van der Waals surface area contributed by atoms with Gasteiger partial charge in [0.05, 0.1) is 19.5 Å². The van der Waals surface area contributed by atoms with Gasteiger partial charge in [0.15, 0.2) is 6.26 Å². The van der Waals surface area contributed by atoms with Gasteiger partial charge in [-0.3, -0.25) is 0 Å². The summed E-state index contributed by atoms with van der Waals surface area (Å²) in [6.45, 7) is 4.07. The highest BCUT2D eigenvalue weighted by atomic mass is 16.4. The van der Waals surface area contributed by atoms with Gasteiger partial charge >= 0.3 is 6.01 Å². The molecule has 0 aromatic carbocycles. The molecule has 0 aliphatic rings.